The Hall–Kier alpha value is -1.89. The first-order valence-electron chi connectivity index (χ1n) is 5.59. The van der Waals surface area contributed by atoms with Crippen molar-refractivity contribution in [2.75, 3.05) is 5.73 Å². The van der Waals surface area contributed by atoms with Crippen LogP contribution in [0.5, 0.6) is 0 Å². The topological polar surface area (TPSA) is 96.7 Å². The quantitative estimate of drug-likeness (QED) is 0.780. The van der Waals surface area contributed by atoms with E-state index in [1.54, 1.807) is 11.3 Å². The van der Waals surface area contributed by atoms with E-state index in [4.69, 9.17) is 5.73 Å². The summed E-state index contributed by atoms with van der Waals surface area (Å²) in [6.07, 6.45) is 1.41. The summed E-state index contributed by atoms with van der Waals surface area (Å²) in [5.41, 5.74) is 6.97. The highest BCUT2D eigenvalue weighted by Gasteiger charge is 2.12. The average molecular weight is 265 g/mol. The van der Waals surface area contributed by atoms with Crippen molar-refractivity contribution in [3.05, 3.63) is 27.8 Å². The Labute approximate surface area is 109 Å². The number of nitrogens with two attached hydrogens (primary N) is 1. The van der Waals surface area contributed by atoms with Crippen LogP contribution in [-0.4, -0.2) is 21.1 Å². The van der Waals surface area contributed by atoms with Crippen LogP contribution in [0.4, 0.5) is 5.82 Å². The number of rotatable bonds is 4. The third-order valence-electron chi connectivity index (χ3n) is 2.47. The second kappa shape index (κ2) is 5.18. The van der Waals surface area contributed by atoms with Gasteiger partial charge in [0.1, 0.15) is 16.4 Å². The Kier molecular flexibility index (Phi) is 3.61. The van der Waals surface area contributed by atoms with Gasteiger partial charge in [0, 0.05) is 5.38 Å². The van der Waals surface area contributed by atoms with Gasteiger partial charge in [-0.2, -0.15) is 5.10 Å². The number of nitrogens with one attached hydrogen (secondary N) is 2. The predicted molar refractivity (Wildman–Crippen MR) is 70.4 cm³/mol. The molecular weight excluding hydrogens is 250 g/mol. The van der Waals surface area contributed by atoms with E-state index in [2.05, 4.69) is 34.3 Å². The van der Waals surface area contributed by atoms with Crippen molar-refractivity contribution in [3.8, 4) is 0 Å². The smallest absolute Gasteiger partial charge is 0.256 e. The molecule has 1 amide bonds. The molecule has 4 N–H and O–H groups in total. The molecule has 6 nitrogen and oxygen atoms in total. The summed E-state index contributed by atoms with van der Waals surface area (Å²) in [7, 11) is 0. The Morgan fingerprint density at radius 3 is 2.94 bits per heavy atom. The van der Waals surface area contributed by atoms with Gasteiger partial charge in [-0.05, 0) is 5.92 Å². The van der Waals surface area contributed by atoms with E-state index in [0.717, 1.165) is 10.7 Å². The van der Waals surface area contributed by atoms with Gasteiger partial charge in [-0.25, -0.2) is 4.98 Å². The van der Waals surface area contributed by atoms with Gasteiger partial charge < -0.3 is 11.1 Å². The lowest BCUT2D eigenvalue weighted by Gasteiger charge is -2.01. The summed E-state index contributed by atoms with van der Waals surface area (Å²) in [6.45, 7) is 4.58. The molecule has 0 aliphatic heterocycles. The van der Waals surface area contributed by atoms with Crippen LogP contribution in [0, 0.1) is 0 Å². The lowest BCUT2D eigenvalue weighted by Crippen LogP contribution is -2.23. The van der Waals surface area contributed by atoms with E-state index >= 15 is 0 Å². The van der Waals surface area contributed by atoms with Crippen LogP contribution in [0.1, 0.15) is 40.8 Å². The normalized spacial score (nSPS) is 10.8. The van der Waals surface area contributed by atoms with Gasteiger partial charge in [0.2, 0.25) is 0 Å². The number of aromatic amines is 1. The third kappa shape index (κ3) is 2.67. The molecule has 0 atom stereocenters. The number of carbonyl (C=O) groups is 1. The SMILES string of the molecule is CC(C)c1csc(CNC(=O)c2cn[nH]c2N)n1. The molecule has 0 aliphatic rings. The third-order valence-corrected chi connectivity index (χ3v) is 3.34. The van der Waals surface area contributed by atoms with Crippen molar-refractivity contribution in [1.29, 1.82) is 0 Å². The molecule has 0 unspecified atom stereocenters. The first kappa shape index (κ1) is 12.6. The fraction of sp³-hybridized carbons (Fsp3) is 0.364. The molecule has 2 aromatic rings. The molecule has 0 saturated heterocycles. The second-order valence-electron chi connectivity index (χ2n) is 4.20. The van der Waals surface area contributed by atoms with E-state index in [0.29, 0.717) is 18.0 Å². The molecule has 2 aromatic heterocycles. The summed E-state index contributed by atoms with van der Waals surface area (Å²) in [5, 5.41) is 11.9. The molecule has 2 heterocycles. The highest BCUT2D eigenvalue weighted by atomic mass is 32.1. The van der Waals surface area contributed by atoms with Gasteiger partial charge in [0.15, 0.2) is 0 Å². The maximum absolute atomic E-state index is 11.8. The molecule has 0 radical (unpaired) electrons. The molecule has 2 rings (SSSR count). The fourth-order valence-electron chi connectivity index (χ4n) is 1.40. The summed E-state index contributed by atoms with van der Waals surface area (Å²) >= 11 is 1.54. The van der Waals surface area contributed by atoms with Crippen molar-refractivity contribution in [1.82, 2.24) is 20.5 Å². The maximum atomic E-state index is 11.8. The molecule has 0 saturated carbocycles. The Morgan fingerprint density at radius 2 is 2.39 bits per heavy atom. The van der Waals surface area contributed by atoms with Crippen molar-refractivity contribution in [2.24, 2.45) is 0 Å². The van der Waals surface area contributed by atoms with Gasteiger partial charge in [0.25, 0.3) is 5.91 Å². The maximum Gasteiger partial charge on any atom is 0.256 e. The van der Waals surface area contributed by atoms with Gasteiger partial charge in [-0.3, -0.25) is 9.89 Å². The Morgan fingerprint density at radius 1 is 1.61 bits per heavy atom. The van der Waals surface area contributed by atoms with Crippen LogP contribution in [0.2, 0.25) is 0 Å². The summed E-state index contributed by atoms with van der Waals surface area (Å²) in [6, 6.07) is 0. The number of H-pyrrole nitrogens is 1. The van der Waals surface area contributed by atoms with E-state index in [9.17, 15) is 4.79 Å². The number of anilines is 1. The minimum Gasteiger partial charge on any atom is -0.383 e. The number of amides is 1. The fourth-order valence-corrected chi connectivity index (χ4v) is 2.29. The lowest BCUT2D eigenvalue weighted by molar-refractivity contribution is 0.0952. The largest absolute Gasteiger partial charge is 0.383 e. The van der Waals surface area contributed by atoms with Gasteiger partial charge in [-0.1, -0.05) is 13.8 Å². The zero-order valence-electron chi connectivity index (χ0n) is 10.2. The first-order chi connectivity index (χ1) is 8.58. The van der Waals surface area contributed by atoms with Crippen molar-refractivity contribution in [2.45, 2.75) is 26.3 Å². The summed E-state index contributed by atoms with van der Waals surface area (Å²) in [4.78, 5) is 16.2. The number of nitrogen functional groups attached to an aromatic ring is 1. The predicted octanol–water partition coefficient (Wildman–Crippen LogP) is 1.50. The zero-order valence-corrected chi connectivity index (χ0v) is 11.0. The van der Waals surface area contributed by atoms with E-state index in [1.165, 1.54) is 6.20 Å². The van der Waals surface area contributed by atoms with E-state index in [1.807, 2.05) is 5.38 Å². The number of hydrogen-bond donors (Lipinski definition) is 3. The average Bonchev–Trinajstić information content (AvgIpc) is 2.94. The Balaban J connectivity index is 1.95. The van der Waals surface area contributed by atoms with Crippen LogP contribution in [0.3, 0.4) is 0 Å². The summed E-state index contributed by atoms with van der Waals surface area (Å²) < 4.78 is 0. The number of aromatic nitrogens is 3. The van der Waals surface area contributed by atoms with E-state index < -0.39 is 0 Å². The van der Waals surface area contributed by atoms with Crippen molar-refractivity contribution < 1.29 is 4.79 Å². The Bertz CT molecular complexity index is 545. The highest BCUT2D eigenvalue weighted by Crippen LogP contribution is 2.17. The minimum atomic E-state index is -0.248. The molecule has 0 fully saturated rings. The van der Waals surface area contributed by atoms with Crippen LogP contribution in [-0.2, 0) is 6.54 Å². The van der Waals surface area contributed by atoms with Gasteiger partial charge >= 0.3 is 0 Å². The second-order valence-corrected chi connectivity index (χ2v) is 5.14. The van der Waals surface area contributed by atoms with Crippen molar-refractivity contribution >= 4 is 23.1 Å². The lowest BCUT2D eigenvalue weighted by atomic mass is 10.2. The minimum absolute atomic E-state index is 0.248. The molecule has 0 spiro atoms. The number of nitrogens with zero attached hydrogens (tertiary/aromatic N) is 2. The molecule has 0 aromatic carbocycles. The van der Waals surface area contributed by atoms with Gasteiger partial charge in [0.05, 0.1) is 18.4 Å². The molecule has 18 heavy (non-hydrogen) atoms. The van der Waals surface area contributed by atoms with Crippen molar-refractivity contribution in [3.63, 3.8) is 0 Å². The first-order valence-corrected chi connectivity index (χ1v) is 6.47. The number of thiazole rings is 1. The van der Waals surface area contributed by atoms with Crippen LogP contribution in [0.15, 0.2) is 11.6 Å². The highest BCUT2D eigenvalue weighted by molar-refractivity contribution is 7.09. The number of hydrogen-bond acceptors (Lipinski definition) is 5. The molecule has 0 bridgehead atoms. The van der Waals surface area contributed by atoms with Crippen LogP contribution in [0.25, 0.3) is 0 Å². The van der Waals surface area contributed by atoms with E-state index in [-0.39, 0.29) is 11.7 Å². The van der Waals surface area contributed by atoms with Crippen LogP contribution < -0.4 is 11.1 Å². The number of carbonyl (C=O) groups excluding carboxylic acids is 1. The molecular formula is C11H15N5OS. The zero-order chi connectivity index (χ0) is 13.1. The van der Waals surface area contributed by atoms with Crippen LogP contribution >= 0.6 is 11.3 Å². The van der Waals surface area contributed by atoms with Gasteiger partial charge in [-0.15, -0.1) is 11.3 Å². The monoisotopic (exact) mass is 265 g/mol. The molecule has 7 heteroatoms. The standard InChI is InChI=1S/C11H15N5OS/c1-6(2)8-5-18-9(15-8)4-13-11(17)7-3-14-16-10(7)12/h3,5-6H,4H2,1-2H3,(H,13,17)(H3,12,14,16). The molecule has 96 valence electrons. The molecule has 0 aliphatic carbocycles. The summed E-state index contributed by atoms with van der Waals surface area (Å²) in [5.74, 6) is 0.423.